The summed E-state index contributed by atoms with van der Waals surface area (Å²) < 4.78 is 0. The molecule has 0 aliphatic rings. The van der Waals surface area contributed by atoms with E-state index in [9.17, 15) is 9.59 Å². The van der Waals surface area contributed by atoms with Gasteiger partial charge in [-0.2, -0.15) is 0 Å². The van der Waals surface area contributed by atoms with Crippen molar-refractivity contribution in [1.82, 2.24) is 0 Å². The molecule has 0 aliphatic carbocycles. The zero-order valence-corrected chi connectivity index (χ0v) is 6.07. The van der Waals surface area contributed by atoms with E-state index in [-0.39, 0.29) is 0 Å². The van der Waals surface area contributed by atoms with Crippen LogP contribution in [0.1, 0.15) is 6.92 Å². The molecule has 0 aromatic rings. The third kappa shape index (κ3) is 2.23. The van der Waals surface area contributed by atoms with E-state index in [2.05, 4.69) is 4.99 Å². The minimum Gasteiger partial charge on any atom is -0.395 e. The Morgan fingerprint density at radius 3 is 2.27 bits per heavy atom. The molecule has 0 fully saturated rings. The second-order valence-corrected chi connectivity index (χ2v) is 2.39. The van der Waals surface area contributed by atoms with Crippen molar-refractivity contribution in [3.8, 4) is 0 Å². The molecule has 0 aromatic heterocycles. The van der Waals surface area contributed by atoms with Crippen LogP contribution in [0.3, 0.4) is 0 Å². The van der Waals surface area contributed by atoms with E-state index in [0.717, 1.165) is 6.08 Å². The summed E-state index contributed by atoms with van der Waals surface area (Å²) >= 11 is 0. The van der Waals surface area contributed by atoms with Crippen molar-refractivity contribution in [3.63, 3.8) is 0 Å². The predicted molar refractivity (Wildman–Crippen MR) is 35.4 cm³/mol. The molecule has 62 valence electrons. The number of hydrogen-bond acceptors (Lipinski definition) is 4. The molecule has 11 heavy (non-hydrogen) atoms. The van der Waals surface area contributed by atoms with Gasteiger partial charge in [-0.1, -0.05) is 0 Å². The van der Waals surface area contributed by atoms with Crippen LogP contribution in [-0.2, 0) is 9.59 Å². The molecular weight excluding hydrogens is 150 g/mol. The van der Waals surface area contributed by atoms with Gasteiger partial charge >= 0.3 is 0 Å². The van der Waals surface area contributed by atoms with Gasteiger partial charge < -0.3 is 10.2 Å². The molecule has 0 saturated carbocycles. The van der Waals surface area contributed by atoms with Gasteiger partial charge in [0.05, 0.1) is 18.6 Å². The van der Waals surface area contributed by atoms with Crippen molar-refractivity contribution in [2.24, 2.45) is 10.4 Å². The predicted octanol–water partition coefficient (Wildman–Crippen LogP) is -1.16. The molecule has 0 aliphatic heterocycles. The number of aliphatic hydroxyl groups is 2. The van der Waals surface area contributed by atoms with Crippen LogP contribution in [0.25, 0.3) is 0 Å². The number of carbonyl (C=O) groups is 1. The van der Waals surface area contributed by atoms with E-state index in [4.69, 9.17) is 10.2 Å². The summed E-state index contributed by atoms with van der Waals surface area (Å²) in [6, 6.07) is 0. The lowest BCUT2D eigenvalue weighted by Crippen LogP contribution is -2.34. The first-order chi connectivity index (χ1) is 5.10. The molecule has 0 rings (SSSR count). The smallest absolute Gasteiger partial charge is 0.267 e. The summed E-state index contributed by atoms with van der Waals surface area (Å²) in [6.07, 6.45) is 1.05. The monoisotopic (exact) mass is 159 g/mol. The van der Waals surface area contributed by atoms with Crippen LogP contribution in [0.15, 0.2) is 4.99 Å². The minimum atomic E-state index is -1.36. The van der Waals surface area contributed by atoms with E-state index < -0.39 is 24.5 Å². The van der Waals surface area contributed by atoms with Gasteiger partial charge in [0.25, 0.3) is 5.91 Å². The van der Waals surface area contributed by atoms with Crippen LogP contribution >= 0.6 is 0 Å². The first-order valence-corrected chi connectivity index (χ1v) is 2.95. The largest absolute Gasteiger partial charge is 0.395 e. The van der Waals surface area contributed by atoms with Gasteiger partial charge in [0, 0.05) is 0 Å². The van der Waals surface area contributed by atoms with Crippen LogP contribution < -0.4 is 0 Å². The molecule has 0 heterocycles. The van der Waals surface area contributed by atoms with Crippen molar-refractivity contribution < 1.29 is 19.8 Å². The lowest BCUT2D eigenvalue weighted by Gasteiger charge is -2.18. The SMILES string of the molecule is CC(CO)(CO)C(=O)N=C=O. The summed E-state index contributed by atoms with van der Waals surface area (Å²) in [5, 5.41) is 17.2. The molecule has 1 amide bonds. The first-order valence-electron chi connectivity index (χ1n) is 2.95. The van der Waals surface area contributed by atoms with E-state index in [0.29, 0.717) is 0 Å². The zero-order chi connectivity index (χ0) is 8.91. The Morgan fingerprint density at radius 2 is 2.00 bits per heavy atom. The van der Waals surface area contributed by atoms with Gasteiger partial charge in [0.15, 0.2) is 0 Å². The molecule has 0 atom stereocenters. The number of aliphatic hydroxyl groups excluding tert-OH is 2. The molecule has 5 nitrogen and oxygen atoms in total. The van der Waals surface area contributed by atoms with E-state index >= 15 is 0 Å². The standard InChI is InChI=1S/C6H9NO4/c1-6(2-8,3-9)5(11)7-4-10/h8-9H,2-3H2,1H3. The van der Waals surface area contributed by atoms with Gasteiger partial charge in [-0.3, -0.25) is 4.79 Å². The quantitative estimate of drug-likeness (QED) is 0.401. The lowest BCUT2D eigenvalue weighted by atomic mass is 9.92. The van der Waals surface area contributed by atoms with Crippen molar-refractivity contribution in [2.75, 3.05) is 13.2 Å². The van der Waals surface area contributed by atoms with Crippen LogP contribution in [0.4, 0.5) is 0 Å². The van der Waals surface area contributed by atoms with E-state index in [1.54, 1.807) is 0 Å². The summed E-state index contributed by atoms with van der Waals surface area (Å²) in [7, 11) is 0. The minimum absolute atomic E-state index is 0.548. The second kappa shape index (κ2) is 3.98. The number of carbonyl (C=O) groups excluding carboxylic acids is 2. The molecule has 0 unspecified atom stereocenters. The second-order valence-electron chi connectivity index (χ2n) is 2.39. The fourth-order valence-electron chi connectivity index (χ4n) is 0.362. The van der Waals surface area contributed by atoms with E-state index in [1.807, 2.05) is 0 Å². The van der Waals surface area contributed by atoms with Gasteiger partial charge in [0.1, 0.15) is 0 Å². The molecule has 0 saturated heterocycles. The summed E-state index contributed by atoms with van der Waals surface area (Å²) in [6.45, 7) is 0.206. The number of isocyanates is 1. The summed E-state index contributed by atoms with van der Waals surface area (Å²) in [5.41, 5.74) is -1.36. The summed E-state index contributed by atoms with van der Waals surface area (Å²) in [5.74, 6) is -0.863. The third-order valence-electron chi connectivity index (χ3n) is 1.36. The Labute approximate surface area is 63.4 Å². The zero-order valence-electron chi connectivity index (χ0n) is 6.07. The molecule has 0 radical (unpaired) electrons. The first kappa shape index (κ1) is 9.97. The molecule has 5 heteroatoms. The molecular formula is C6H9NO4. The third-order valence-corrected chi connectivity index (χ3v) is 1.36. The van der Waals surface area contributed by atoms with Crippen LogP contribution in [0, 0.1) is 5.41 Å². The Morgan fingerprint density at radius 1 is 1.55 bits per heavy atom. The number of rotatable bonds is 3. The fraction of sp³-hybridized carbons (Fsp3) is 0.667. The average molecular weight is 159 g/mol. The number of aliphatic imine (C=N–C) groups is 1. The van der Waals surface area contributed by atoms with Crippen molar-refractivity contribution in [3.05, 3.63) is 0 Å². The highest BCUT2D eigenvalue weighted by Crippen LogP contribution is 2.15. The molecule has 0 aromatic carbocycles. The Bertz CT molecular complexity index is 191. The highest BCUT2D eigenvalue weighted by molar-refractivity contribution is 5.86. The van der Waals surface area contributed by atoms with Gasteiger partial charge in [0.2, 0.25) is 6.08 Å². The Balaban J connectivity index is 4.49. The average Bonchev–Trinajstić information content (AvgIpc) is 2.03. The Hall–Kier alpha value is -1.03. The van der Waals surface area contributed by atoms with Crippen molar-refractivity contribution in [2.45, 2.75) is 6.92 Å². The Kier molecular flexibility index (Phi) is 3.60. The van der Waals surface area contributed by atoms with Crippen LogP contribution in [0.2, 0.25) is 0 Å². The normalized spacial score (nSPS) is 10.5. The summed E-state index contributed by atoms with van der Waals surface area (Å²) in [4.78, 5) is 23.2. The van der Waals surface area contributed by atoms with Gasteiger partial charge in [-0.05, 0) is 6.92 Å². The van der Waals surface area contributed by atoms with Crippen LogP contribution in [0.5, 0.6) is 0 Å². The maximum Gasteiger partial charge on any atom is 0.267 e. The lowest BCUT2D eigenvalue weighted by molar-refractivity contribution is -0.131. The number of hydrogen-bond donors (Lipinski definition) is 2. The molecule has 0 spiro atoms. The van der Waals surface area contributed by atoms with Crippen molar-refractivity contribution in [1.29, 1.82) is 0 Å². The number of nitrogens with zero attached hydrogens (tertiary/aromatic N) is 1. The number of amides is 1. The van der Waals surface area contributed by atoms with Crippen LogP contribution in [-0.4, -0.2) is 35.4 Å². The maximum atomic E-state index is 10.8. The molecule has 0 bridgehead atoms. The maximum absolute atomic E-state index is 10.8. The highest BCUT2D eigenvalue weighted by Gasteiger charge is 2.31. The van der Waals surface area contributed by atoms with Crippen molar-refractivity contribution >= 4 is 12.0 Å². The molecule has 2 N–H and O–H groups in total. The van der Waals surface area contributed by atoms with E-state index in [1.165, 1.54) is 6.92 Å². The highest BCUT2D eigenvalue weighted by atomic mass is 16.3. The topological polar surface area (TPSA) is 87.0 Å². The fourth-order valence-corrected chi connectivity index (χ4v) is 0.362. The van der Waals surface area contributed by atoms with Gasteiger partial charge in [-0.15, -0.1) is 4.99 Å². The van der Waals surface area contributed by atoms with Gasteiger partial charge in [-0.25, -0.2) is 4.79 Å².